The monoisotopic (exact) mass is 484 g/mol. The number of piperidine rings is 2. The summed E-state index contributed by atoms with van der Waals surface area (Å²) in [5.74, 6) is 1.14. The molecule has 6 nitrogen and oxygen atoms in total. The third-order valence-corrected chi connectivity index (χ3v) is 8.97. The number of aryl methyl sites for hydroxylation is 1. The molecule has 2 aliphatic rings. The molecule has 2 fully saturated rings. The molecule has 2 aromatic carbocycles. The van der Waals surface area contributed by atoms with Crippen LogP contribution in [-0.2, 0) is 21.2 Å². The summed E-state index contributed by atoms with van der Waals surface area (Å²) in [4.78, 5) is 15.5. The Morgan fingerprint density at radius 2 is 1.76 bits per heavy atom. The molecule has 0 radical (unpaired) electrons. The van der Waals surface area contributed by atoms with Crippen LogP contribution >= 0.6 is 0 Å². The Balaban J connectivity index is 1.36. The highest BCUT2D eigenvalue weighted by Crippen LogP contribution is 2.29. The third kappa shape index (κ3) is 5.63. The molecule has 4 rings (SSSR count). The van der Waals surface area contributed by atoms with Gasteiger partial charge in [0.2, 0.25) is 15.9 Å². The Morgan fingerprint density at radius 3 is 2.44 bits per heavy atom. The summed E-state index contributed by atoms with van der Waals surface area (Å²) in [5, 5.41) is 0. The lowest BCUT2D eigenvalue weighted by atomic mass is 9.89. The summed E-state index contributed by atoms with van der Waals surface area (Å²) in [6.45, 7) is 6.53. The van der Waals surface area contributed by atoms with E-state index >= 15 is 0 Å². The van der Waals surface area contributed by atoms with Crippen molar-refractivity contribution >= 4 is 15.9 Å². The number of hydrogen-bond acceptors (Lipinski definition) is 4. The molecule has 1 atom stereocenters. The molecule has 0 spiro atoms. The first kappa shape index (κ1) is 24.7. The Morgan fingerprint density at radius 1 is 1.03 bits per heavy atom. The molecular formula is C27H36N2O4S. The van der Waals surface area contributed by atoms with Crippen LogP contribution in [0, 0.1) is 18.8 Å². The summed E-state index contributed by atoms with van der Waals surface area (Å²) in [6, 6.07) is 15.5. The number of hydrogen-bond donors (Lipinski definition) is 0. The van der Waals surface area contributed by atoms with Crippen molar-refractivity contribution < 1.29 is 17.9 Å². The van der Waals surface area contributed by atoms with Crippen LogP contribution in [0.15, 0.2) is 53.4 Å². The highest BCUT2D eigenvalue weighted by molar-refractivity contribution is 7.89. The van der Waals surface area contributed by atoms with E-state index in [0.29, 0.717) is 31.2 Å². The average molecular weight is 485 g/mol. The number of nitrogens with zero attached hydrogens (tertiary/aromatic N) is 2. The van der Waals surface area contributed by atoms with Gasteiger partial charge in [-0.3, -0.25) is 4.79 Å². The predicted molar refractivity (Wildman–Crippen MR) is 133 cm³/mol. The molecular weight excluding hydrogens is 448 g/mol. The highest BCUT2D eigenvalue weighted by atomic mass is 32.2. The lowest BCUT2D eigenvalue weighted by Gasteiger charge is -2.37. The minimum Gasteiger partial charge on any atom is -0.494 e. The van der Waals surface area contributed by atoms with Gasteiger partial charge in [0, 0.05) is 26.2 Å². The van der Waals surface area contributed by atoms with Crippen molar-refractivity contribution in [2.75, 3.05) is 32.8 Å². The molecule has 0 saturated carbocycles. The Hall–Kier alpha value is -2.38. The maximum absolute atomic E-state index is 13.3. The van der Waals surface area contributed by atoms with Gasteiger partial charge in [0.15, 0.2) is 0 Å². The van der Waals surface area contributed by atoms with Crippen LogP contribution in [0.25, 0.3) is 0 Å². The van der Waals surface area contributed by atoms with Crippen LogP contribution < -0.4 is 4.74 Å². The van der Waals surface area contributed by atoms with Gasteiger partial charge in [-0.15, -0.1) is 0 Å². The van der Waals surface area contributed by atoms with E-state index in [1.807, 2.05) is 24.8 Å². The lowest BCUT2D eigenvalue weighted by molar-refractivity contribution is -0.138. The number of sulfonamides is 1. The molecule has 2 saturated heterocycles. The van der Waals surface area contributed by atoms with Gasteiger partial charge in [0.1, 0.15) is 5.75 Å². The smallest absolute Gasteiger partial charge is 0.243 e. The maximum Gasteiger partial charge on any atom is 0.243 e. The molecule has 0 N–H and O–H groups in total. The van der Waals surface area contributed by atoms with Crippen molar-refractivity contribution in [3.63, 3.8) is 0 Å². The highest BCUT2D eigenvalue weighted by Gasteiger charge is 2.36. The summed E-state index contributed by atoms with van der Waals surface area (Å²) in [5.41, 5.74) is 2.15. The molecule has 2 aliphatic heterocycles. The van der Waals surface area contributed by atoms with Crippen molar-refractivity contribution in [1.82, 2.24) is 9.21 Å². The van der Waals surface area contributed by atoms with E-state index in [4.69, 9.17) is 4.74 Å². The van der Waals surface area contributed by atoms with E-state index in [-0.39, 0.29) is 23.3 Å². The van der Waals surface area contributed by atoms with Crippen LogP contribution in [0.5, 0.6) is 5.75 Å². The fourth-order valence-corrected chi connectivity index (χ4v) is 6.78. The number of benzene rings is 2. The summed E-state index contributed by atoms with van der Waals surface area (Å²) in [7, 11) is -3.65. The molecule has 0 bridgehead atoms. The van der Waals surface area contributed by atoms with Crippen LogP contribution in [0.4, 0.5) is 0 Å². The second-order valence-corrected chi connectivity index (χ2v) is 11.5. The van der Waals surface area contributed by atoms with E-state index in [1.165, 1.54) is 9.87 Å². The zero-order valence-electron chi connectivity index (χ0n) is 20.3. The van der Waals surface area contributed by atoms with Gasteiger partial charge in [-0.1, -0.05) is 30.3 Å². The van der Waals surface area contributed by atoms with E-state index in [0.717, 1.165) is 44.3 Å². The van der Waals surface area contributed by atoms with Crippen molar-refractivity contribution in [2.24, 2.45) is 11.8 Å². The number of carbonyl (C=O) groups excluding carboxylic acids is 1. The predicted octanol–water partition coefficient (Wildman–Crippen LogP) is 4.28. The zero-order valence-corrected chi connectivity index (χ0v) is 21.1. The zero-order chi connectivity index (χ0) is 24.1. The van der Waals surface area contributed by atoms with Gasteiger partial charge in [-0.05, 0) is 81.2 Å². The molecule has 34 heavy (non-hydrogen) atoms. The van der Waals surface area contributed by atoms with Crippen LogP contribution in [-0.4, -0.2) is 56.3 Å². The first-order chi connectivity index (χ1) is 16.4. The molecule has 0 aliphatic carbocycles. The second-order valence-electron chi connectivity index (χ2n) is 9.52. The van der Waals surface area contributed by atoms with Crippen molar-refractivity contribution in [3.8, 4) is 5.75 Å². The standard InChI is InChI=1S/C27H36N2O4S/c1-3-33-26-12-11-25(18-21(26)2)34(31,32)29-15-7-10-24(20-29)27(30)28-16-13-23(14-17-28)19-22-8-5-4-6-9-22/h4-6,8-9,11-12,18,23-24H,3,7,10,13-17,19-20H2,1-2H3/t24-/m1/s1. The quantitative estimate of drug-likeness (QED) is 0.589. The van der Waals surface area contributed by atoms with Crippen LogP contribution in [0.3, 0.4) is 0 Å². The van der Waals surface area contributed by atoms with Crippen molar-refractivity contribution in [3.05, 3.63) is 59.7 Å². The number of ether oxygens (including phenoxy) is 1. The fourth-order valence-electron chi connectivity index (χ4n) is 5.17. The van der Waals surface area contributed by atoms with Gasteiger partial charge in [0.25, 0.3) is 0 Å². The molecule has 2 heterocycles. The van der Waals surface area contributed by atoms with E-state index in [1.54, 1.807) is 18.2 Å². The minimum atomic E-state index is -3.65. The number of likely N-dealkylation sites (tertiary alicyclic amines) is 1. The van der Waals surface area contributed by atoms with Gasteiger partial charge in [-0.25, -0.2) is 8.42 Å². The molecule has 0 aromatic heterocycles. The fraction of sp³-hybridized carbons (Fsp3) is 0.519. The van der Waals surface area contributed by atoms with Gasteiger partial charge in [0.05, 0.1) is 17.4 Å². The molecule has 184 valence electrons. The van der Waals surface area contributed by atoms with Gasteiger partial charge >= 0.3 is 0 Å². The number of amides is 1. The lowest BCUT2D eigenvalue weighted by Crippen LogP contribution is -2.48. The van der Waals surface area contributed by atoms with E-state index in [9.17, 15) is 13.2 Å². The molecule has 2 aromatic rings. The summed E-state index contributed by atoms with van der Waals surface area (Å²) >= 11 is 0. The molecule has 7 heteroatoms. The summed E-state index contributed by atoms with van der Waals surface area (Å²) < 4.78 is 33.7. The molecule has 1 amide bonds. The number of carbonyl (C=O) groups is 1. The second kappa shape index (κ2) is 10.9. The minimum absolute atomic E-state index is 0.112. The first-order valence-corrected chi connectivity index (χ1v) is 13.9. The summed E-state index contributed by atoms with van der Waals surface area (Å²) in [6.07, 6.45) is 4.51. The normalized spacial score (nSPS) is 20.3. The Labute approximate surface area is 204 Å². The van der Waals surface area contributed by atoms with E-state index in [2.05, 4.69) is 24.3 Å². The average Bonchev–Trinajstić information content (AvgIpc) is 2.86. The maximum atomic E-state index is 13.3. The van der Waals surface area contributed by atoms with Gasteiger partial charge in [-0.2, -0.15) is 4.31 Å². The largest absolute Gasteiger partial charge is 0.494 e. The van der Waals surface area contributed by atoms with Crippen molar-refractivity contribution in [2.45, 2.75) is 50.8 Å². The van der Waals surface area contributed by atoms with Crippen molar-refractivity contribution in [1.29, 1.82) is 0 Å². The molecule has 0 unspecified atom stereocenters. The third-order valence-electron chi connectivity index (χ3n) is 7.11. The Bertz CT molecular complexity index is 1080. The van der Waals surface area contributed by atoms with Gasteiger partial charge < -0.3 is 9.64 Å². The van der Waals surface area contributed by atoms with Crippen LogP contribution in [0.1, 0.15) is 43.7 Å². The number of rotatable bonds is 7. The Kier molecular flexibility index (Phi) is 7.94. The van der Waals surface area contributed by atoms with Crippen LogP contribution in [0.2, 0.25) is 0 Å². The first-order valence-electron chi connectivity index (χ1n) is 12.4. The topological polar surface area (TPSA) is 66.9 Å². The SMILES string of the molecule is CCOc1ccc(S(=O)(=O)N2CCC[C@@H](C(=O)N3CCC(Cc4ccccc4)CC3)C2)cc1C. The van der Waals surface area contributed by atoms with E-state index < -0.39 is 10.0 Å².